The smallest absolute Gasteiger partial charge is 0.408 e. The number of carbonyl (C=O) groups excluding carboxylic acids is 2. The number of carbonyl (C=O) groups is 2. The Kier molecular flexibility index (Phi) is 6.22. The summed E-state index contributed by atoms with van der Waals surface area (Å²) < 4.78 is 5.01. The Labute approximate surface area is 118 Å². The summed E-state index contributed by atoms with van der Waals surface area (Å²) in [6.07, 6.45) is 0.741. The first-order valence-corrected chi connectivity index (χ1v) is 6.20. The molecule has 6 heteroatoms. The molecule has 1 N–H and O–H groups in total. The first kappa shape index (κ1) is 15.7. The summed E-state index contributed by atoms with van der Waals surface area (Å²) in [4.78, 5) is 28.4. The maximum absolute atomic E-state index is 11.6. The standard InChI is InChI=1S/C14H19N3O3/c1-11(13(18)15-10-17(2)3)16-14(19)20-9-12-7-5-4-6-8-12/h4-8,10-11H,9H2,1-3H3,(H,16,19)/b15-10+/t11-/m0/s1. The van der Waals surface area contributed by atoms with Gasteiger partial charge < -0.3 is 15.0 Å². The Morgan fingerprint density at radius 1 is 1.35 bits per heavy atom. The number of nitrogens with one attached hydrogen (secondary N) is 1. The van der Waals surface area contributed by atoms with Crippen LogP contribution in [0.1, 0.15) is 12.5 Å². The Balaban J connectivity index is 2.36. The molecule has 20 heavy (non-hydrogen) atoms. The van der Waals surface area contributed by atoms with Crippen LogP contribution in [-0.4, -0.2) is 43.4 Å². The normalized spacial score (nSPS) is 11.9. The number of ether oxygens (including phenoxy) is 1. The lowest BCUT2D eigenvalue weighted by molar-refractivity contribution is -0.119. The quantitative estimate of drug-likeness (QED) is 0.652. The van der Waals surface area contributed by atoms with Crippen molar-refractivity contribution in [1.82, 2.24) is 10.2 Å². The minimum atomic E-state index is -0.727. The summed E-state index contributed by atoms with van der Waals surface area (Å²) in [5.74, 6) is -0.435. The Bertz CT molecular complexity index is 472. The second-order valence-corrected chi connectivity index (χ2v) is 4.47. The fraction of sp³-hybridized carbons (Fsp3) is 0.357. The SMILES string of the molecule is C[C@H](NC(=O)OCc1ccccc1)C(=O)/N=C/N(C)C. The topological polar surface area (TPSA) is 71.0 Å². The molecular weight excluding hydrogens is 258 g/mol. The zero-order valence-electron chi connectivity index (χ0n) is 11.9. The van der Waals surface area contributed by atoms with Crippen molar-refractivity contribution >= 4 is 18.3 Å². The zero-order valence-corrected chi connectivity index (χ0v) is 11.9. The first-order valence-electron chi connectivity index (χ1n) is 6.20. The highest BCUT2D eigenvalue weighted by molar-refractivity contribution is 5.90. The van der Waals surface area contributed by atoms with Crippen LogP contribution in [0.25, 0.3) is 0 Å². The fourth-order valence-corrected chi connectivity index (χ4v) is 1.29. The third-order valence-corrected chi connectivity index (χ3v) is 2.33. The predicted molar refractivity (Wildman–Crippen MR) is 76.4 cm³/mol. The van der Waals surface area contributed by atoms with Gasteiger partial charge in [-0.3, -0.25) is 4.79 Å². The van der Waals surface area contributed by atoms with Gasteiger partial charge in [-0.2, -0.15) is 0 Å². The Morgan fingerprint density at radius 2 is 2.00 bits per heavy atom. The molecule has 1 atom stereocenters. The molecule has 0 fully saturated rings. The van der Waals surface area contributed by atoms with Crippen LogP contribution < -0.4 is 5.32 Å². The third kappa shape index (κ3) is 5.99. The summed E-state index contributed by atoms with van der Waals surface area (Å²) in [6, 6.07) is 8.58. The van der Waals surface area contributed by atoms with Crippen molar-refractivity contribution in [3.05, 3.63) is 35.9 Å². The molecule has 0 bridgehead atoms. The van der Waals surface area contributed by atoms with Gasteiger partial charge in [0.15, 0.2) is 0 Å². The highest BCUT2D eigenvalue weighted by Crippen LogP contribution is 2.00. The molecule has 0 saturated carbocycles. The number of amides is 2. The third-order valence-electron chi connectivity index (χ3n) is 2.33. The first-order chi connectivity index (χ1) is 9.49. The van der Waals surface area contributed by atoms with Gasteiger partial charge in [-0.05, 0) is 12.5 Å². The molecule has 1 aromatic carbocycles. The molecule has 1 aromatic rings. The average Bonchev–Trinajstić information content (AvgIpc) is 2.43. The monoisotopic (exact) mass is 277 g/mol. The summed E-state index contributed by atoms with van der Waals surface area (Å²) in [7, 11) is 3.51. The predicted octanol–water partition coefficient (Wildman–Crippen LogP) is 1.42. The molecule has 1 rings (SSSR count). The minimum Gasteiger partial charge on any atom is -0.445 e. The van der Waals surface area contributed by atoms with Gasteiger partial charge in [-0.15, -0.1) is 0 Å². The zero-order chi connectivity index (χ0) is 15.0. The highest BCUT2D eigenvalue weighted by atomic mass is 16.5. The van der Waals surface area contributed by atoms with Crippen LogP contribution in [0.3, 0.4) is 0 Å². The van der Waals surface area contributed by atoms with Crippen molar-refractivity contribution in [2.45, 2.75) is 19.6 Å². The summed E-state index contributed by atoms with van der Waals surface area (Å²) in [5, 5.41) is 2.43. The van der Waals surface area contributed by atoms with Gasteiger partial charge in [0, 0.05) is 14.1 Å². The fourth-order valence-electron chi connectivity index (χ4n) is 1.29. The van der Waals surface area contributed by atoms with Gasteiger partial charge in [-0.25, -0.2) is 9.79 Å². The van der Waals surface area contributed by atoms with Gasteiger partial charge in [0.1, 0.15) is 12.6 Å². The number of alkyl carbamates (subject to hydrolysis) is 1. The van der Waals surface area contributed by atoms with E-state index in [1.54, 1.807) is 25.9 Å². The van der Waals surface area contributed by atoms with Gasteiger partial charge in [0.05, 0.1) is 6.34 Å². The van der Waals surface area contributed by atoms with E-state index in [0.29, 0.717) is 0 Å². The molecule has 0 radical (unpaired) electrons. The number of nitrogens with zero attached hydrogens (tertiary/aromatic N) is 2. The van der Waals surface area contributed by atoms with E-state index in [0.717, 1.165) is 5.56 Å². The van der Waals surface area contributed by atoms with Crippen molar-refractivity contribution in [1.29, 1.82) is 0 Å². The van der Waals surface area contributed by atoms with E-state index in [1.165, 1.54) is 6.34 Å². The van der Waals surface area contributed by atoms with E-state index >= 15 is 0 Å². The van der Waals surface area contributed by atoms with Crippen molar-refractivity contribution in [2.24, 2.45) is 4.99 Å². The van der Waals surface area contributed by atoms with Crippen LogP contribution in [0.15, 0.2) is 35.3 Å². The van der Waals surface area contributed by atoms with Crippen LogP contribution >= 0.6 is 0 Å². The van der Waals surface area contributed by atoms with Gasteiger partial charge >= 0.3 is 6.09 Å². The summed E-state index contributed by atoms with van der Waals surface area (Å²) >= 11 is 0. The molecule has 0 aliphatic rings. The number of benzene rings is 1. The molecule has 0 unspecified atom stereocenters. The summed E-state index contributed by atoms with van der Waals surface area (Å²) in [6.45, 7) is 1.72. The number of rotatable bonds is 5. The molecule has 0 aliphatic heterocycles. The molecule has 6 nitrogen and oxygen atoms in total. The van der Waals surface area contributed by atoms with E-state index < -0.39 is 18.0 Å². The van der Waals surface area contributed by atoms with E-state index in [4.69, 9.17) is 4.74 Å². The molecular formula is C14H19N3O3. The maximum atomic E-state index is 11.6. The minimum absolute atomic E-state index is 0.161. The molecule has 0 spiro atoms. The lowest BCUT2D eigenvalue weighted by atomic mass is 10.2. The largest absolute Gasteiger partial charge is 0.445 e. The molecule has 0 saturated heterocycles. The second kappa shape index (κ2) is 7.93. The van der Waals surface area contributed by atoms with E-state index in [9.17, 15) is 9.59 Å². The van der Waals surface area contributed by atoms with Crippen LogP contribution in [-0.2, 0) is 16.1 Å². The molecule has 0 aliphatic carbocycles. The van der Waals surface area contributed by atoms with Crippen LogP contribution in [0.4, 0.5) is 4.79 Å². The van der Waals surface area contributed by atoms with Crippen molar-refractivity contribution in [3.63, 3.8) is 0 Å². The molecule has 0 aromatic heterocycles. The average molecular weight is 277 g/mol. The molecule has 2 amide bonds. The van der Waals surface area contributed by atoms with Crippen LogP contribution in [0, 0.1) is 0 Å². The number of hydrogen-bond donors (Lipinski definition) is 1. The number of aliphatic imine (C=N–C) groups is 1. The van der Waals surface area contributed by atoms with E-state index in [2.05, 4.69) is 10.3 Å². The lowest BCUT2D eigenvalue weighted by Crippen LogP contribution is -2.38. The Morgan fingerprint density at radius 3 is 2.60 bits per heavy atom. The van der Waals surface area contributed by atoms with Gasteiger partial charge in [0.2, 0.25) is 0 Å². The van der Waals surface area contributed by atoms with E-state index in [-0.39, 0.29) is 6.61 Å². The molecule has 108 valence electrons. The van der Waals surface area contributed by atoms with Gasteiger partial charge in [-0.1, -0.05) is 30.3 Å². The van der Waals surface area contributed by atoms with E-state index in [1.807, 2.05) is 30.3 Å². The maximum Gasteiger partial charge on any atom is 0.408 e. The lowest BCUT2D eigenvalue weighted by Gasteiger charge is -2.11. The van der Waals surface area contributed by atoms with Gasteiger partial charge in [0.25, 0.3) is 5.91 Å². The number of hydrogen-bond acceptors (Lipinski definition) is 3. The summed E-state index contributed by atoms with van der Waals surface area (Å²) in [5.41, 5.74) is 0.882. The second-order valence-electron chi connectivity index (χ2n) is 4.47. The highest BCUT2D eigenvalue weighted by Gasteiger charge is 2.15. The molecule has 0 heterocycles. The Hall–Kier alpha value is -2.37. The van der Waals surface area contributed by atoms with Crippen LogP contribution in [0.5, 0.6) is 0 Å². The van der Waals surface area contributed by atoms with Crippen molar-refractivity contribution in [2.75, 3.05) is 14.1 Å². The van der Waals surface area contributed by atoms with Crippen molar-refractivity contribution < 1.29 is 14.3 Å². The van der Waals surface area contributed by atoms with Crippen molar-refractivity contribution in [3.8, 4) is 0 Å². The van der Waals surface area contributed by atoms with Crippen LogP contribution in [0.2, 0.25) is 0 Å².